The van der Waals surface area contributed by atoms with Crippen LogP contribution >= 0.6 is 0 Å². The summed E-state index contributed by atoms with van der Waals surface area (Å²) in [5.74, 6) is -0.272. The molecule has 0 spiro atoms. The highest BCUT2D eigenvalue weighted by molar-refractivity contribution is 5.70. The largest absolute Gasteiger partial charge is 0.457 e. The van der Waals surface area contributed by atoms with Crippen molar-refractivity contribution in [2.24, 2.45) is 29.6 Å². The molecule has 11 atom stereocenters. The van der Waals surface area contributed by atoms with Crippen molar-refractivity contribution in [2.45, 2.75) is 117 Å². The first-order valence-corrected chi connectivity index (χ1v) is 14.7. The Bertz CT molecular complexity index is 918. The average Bonchev–Trinajstić information content (AvgIpc) is 3.68. The molecule has 0 unspecified atom stereocenters. The van der Waals surface area contributed by atoms with Crippen LogP contribution in [0.1, 0.15) is 80.6 Å². The first kappa shape index (κ1) is 34.2. The quantitative estimate of drug-likeness (QED) is 0.201. The van der Waals surface area contributed by atoms with Crippen LogP contribution in [0.5, 0.6) is 0 Å². The molecule has 1 saturated carbocycles. The molecule has 0 radical (unpaired) electrons. The topological polar surface area (TPSA) is 123 Å². The SMILES string of the molecule is CC[C@H](OC)[C@@H](C)[C@H]1C[C@@H]1[C@H](O)[C@H](C)/C=C/C=C(\C)[C@H]1OC(=O)C[C@H](O)CC[C@@](C)(O)[C@@H](OC(C)=O)/C=C/[C@@H]1C. The fourth-order valence-corrected chi connectivity index (χ4v) is 5.87. The number of aliphatic hydroxyl groups excluding tert-OH is 2. The standard InChI is InChI=1S/C32H52O8/c1-9-27(38-8)22(5)25-18-26(25)30(36)19(2)11-10-12-20(3)31-21(4)13-14-28(39-23(6)33)32(7,37)16-15-24(34)17-29(35)40-31/h10-14,19,21-22,24-28,30-31,34,36-37H,9,15-18H2,1-8H3/b11-10+,14-13+,20-12+/t19-,21+,22+,24-,25-,26+,27+,28+,30-,31-,32-/m1/s1. The predicted molar refractivity (Wildman–Crippen MR) is 154 cm³/mol. The van der Waals surface area contributed by atoms with Gasteiger partial charge in [-0.05, 0) is 68.9 Å². The second kappa shape index (κ2) is 15.3. The van der Waals surface area contributed by atoms with Gasteiger partial charge in [0.15, 0.2) is 0 Å². The van der Waals surface area contributed by atoms with Gasteiger partial charge in [0.2, 0.25) is 0 Å². The van der Waals surface area contributed by atoms with E-state index in [1.165, 1.54) is 6.92 Å². The number of hydrogen-bond acceptors (Lipinski definition) is 8. The second-order valence-electron chi connectivity index (χ2n) is 12.2. The third-order valence-corrected chi connectivity index (χ3v) is 8.68. The molecule has 8 heteroatoms. The Labute approximate surface area is 240 Å². The summed E-state index contributed by atoms with van der Waals surface area (Å²) in [5, 5.41) is 32.3. The van der Waals surface area contributed by atoms with Gasteiger partial charge in [-0.2, -0.15) is 0 Å². The third-order valence-electron chi connectivity index (χ3n) is 8.68. The molecule has 1 heterocycles. The lowest BCUT2D eigenvalue weighted by Gasteiger charge is -2.32. The maximum Gasteiger partial charge on any atom is 0.309 e. The van der Waals surface area contributed by atoms with Gasteiger partial charge < -0.3 is 29.5 Å². The number of carbonyl (C=O) groups excluding carboxylic acids is 2. The van der Waals surface area contributed by atoms with Crippen LogP contribution in [0.4, 0.5) is 0 Å². The molecular weight excluding hydrogens is 512 g/mol. The molecule has 228 valence electrons. The number of cyclic esters (lactones) is 1. The fourth-order valence-electron chi connectivity index (χ4n) is 5.87. The zero-order chi connectivity index (χ0) is 30.2. The molecule has 8 nitrogen and oxygen atoms in total. The van der Waals surface area contributed by atoms with Crippen LogP contribution in [0.2, 0.25) is 0 Å². The van der Waals surface area contributed by atoms with Crippen molar-refractivity contribution < 1.29 is 39.1 Å². The van der Waals surface area contributed by atoms with Gasteiger partial charge >= 0.3 is 11.9 Å². The van der Waals surface area contributed by atoms with Gasteiger partial charge in [-0.15, -0.1) is 0 Å². The summed E-state index contributed by atoms with van der Waals surface area (Å²) in [6, 6.07) is 0. The molecule has 0 saturated heterocycles. The first-order valence-electron chi connectivity index (χ1n) is 14.7. The van der Waals surface area contributed by atoms with E-state index < -0.39 is 42.0 Å². The number of aliphatic hydroxyl groups is 3. The maximum atomic E-state index is 12.6. The van der Waals surface area contributed by atoms with Gasteiger partial charge in [-0.1, -0.05) is 52.0 Å². The van der Waals surface area contributed by atoms with Crippen LogP contribution in [-0.2, 0) is 23.8 Å². The molecule has 3 N–H and O–H groups in total. The van der Waals surface area contributed by atoms with Crippen LogP contribution in [0, 0.1) is 29.6 Å². The molecule has 1 aliphatic carbocycles. The number of methoxy groups -OCH3 is 1. The van der Waals surface area contributed by atoms with E-state index >= 15 is 0 Å². The summed E-state index contributed by atoms with van der Waals surface area (Å²) in [6.07, 6.45) is 8.42. The molecular formula is C32H52O8. The molecule has 2 aliphatic rings. The lowest BCUT2D eigenvalue weighted by Crippen LogP contribution is -2.42. The molecule has 40 heavy (non-hydrogen) atoms. The number of allylic oxidation sites excluding steroid dienone is 2. The van der Waals surface area contributed by atoms with Gasteiger partial charge in [0, 0.05) is 25.9 Å². The number of hydrogen-bond donors (Lipinski definition) is 3. The Hall–Kier alpha value is -2.00. The van der Waals surface area contributed by atoms with Gasteiger partial charge in [-0.3, -0.25) is 9.59 Å². The minimum atomic E-state index is -1.41. The lowest BCUT2D eigenvalue weighted by molar-refractivity contribution is -0.157. The molecule has 0 aromatic heterocycles. The van der Waals surface area contributed by atoms with Crippen LogP contribution in [0.25, 0.3) is 0 Å². The van der Waals surface area contributed by atoms with E-state index in [1.807, 2.05) is 39.0 Å². The number of esters is 2. The van der Waals surface area contributed by atoms with E-state index in [4.69, 9.17) is 14.2 Å². The summed E-state index contributed by atoms with van der Waals surface area (Å²) in [7, 11) is 1.75. The van der Waals surface area contributed by atoms with E-state index in [2.05, 4.69) is 13.8 Å². The predicted octanol–water partition coefficient (Wildman–Crippen LogP) is 4.51. The zero-order valence-electron chi connectivity index (χ0n) is 25.6. The highest BCUT2D eigenvalue weighted by Gasteiger charge is 2.48. The molecule has 1 fully saturated rings. The van der Waals surface area contributed by atoms with Gasteiger partial charge in [0.25, 0.3) is 0 Å². The smallest absolute Gasteiger partial charge is 0.309 e. The highest BCUT2D eigenvalue weighted by atomic mass is 16.6. The lowest BCUT2D eigenvalue weighted by atomic mass is 9.88. The highest BCUT2D eigenvalue weighted by Crippen LogP contribution is 2.49. The van der Waals surface area contributed by atoms with Crippen molar-refractivity contribution >= 4 is 11.9 Å². The van der Waals surface area contributed by atoms with Gasteiger partial charge in [0.1, 0.15) is 17.8 Å². The summed E-state index contributed by atoms with van der Waals surface area (Å²) in [5.41, 5.74) is -0.625. The van der Waals surface area contributed by atoms with Crippen molar-refractivity contribution in [2.75, 3.05) is 7.11 Å². The van der Waals surface area contributed by atoms with E-state index in [0.717, 1.165) is 18.4 Å². The monoisotopic (exact) mass is 564 g/mol. The molecule has 0 aromatic rings. The molecule has 0 bridgehead atoms. The Morgan fingerprint density at radius 3 is 2.52 bits per heavy atom. The van der Waals surface area contributed by atoms with Gasteiger partial charge in [-0.25, -0.2) is 0 Å². The van der Waals surface area contributed by atoms with Crippen molar-refractivity contribution in [3.63, 3.8) is 0 Å². The third kappa shape index (κ3) is 9.82. The first-order chi connectivity index (χ1) is 18.7. The minimum Gasteiger partial charge on any atom is -0.457 e. The van der Waals surface area contributed by atoms with Gasteiger partial charge in [0.05, 0.1) is 24.7 Å². The summed E-state index contributed by atoms with van der Waals surface area (Å²) in [6.45, 7) is 12.9. The van der Waals surface area contributed by atoms with Crippen molar-refractivity contribution in [3.8, 4) is 0 Å². The number of ether oxygens (including phenoxy) is 3. The molecule has 0 aromatic carbocycles. The van der Waals surface area contributed by atoms with Crippen LogP contribution in [-0.4, -0.2) is 70.5 Å². The van der Waals surface area contributed by atoms with E-state index in [9.17, 15) is 24.9 Å². The average molecular weight is 565 g/mol. The molecule has 1 aliphatic heterocycles. The Kier molecular flexibility index (Phi) is 13.1. The van der Waals surface area contributed by atoms with Crippen LogP contribution in [0.15, 0.2) is 36.0 Å². The van der Waals surface area contributed by atoms with Crippen molar-refractivity contribution in [1.29, 1.82) is 0 Å². The van der Waals surface area contributed by atoms with E-state index in [-0.39, 0.29) is 43.1 Å². The Morgan fingerprint density at radius 2 is 1.93 bits per heavy atom. The summed E-state index contributed by atoms with van der Waals surface area (Å²) in [4.78, 5) is 24.3. The number of rotatable bonds is 10. The summed E-state index contributed by atoms with van der Waals surface area (Å²) >= 11 is 0. The summed E-state index contributed by atoms with van der Waals surface area (Å²) < 4.78 is 16.8. The normalized spacial score (nSPS) is 36.0. The van der Waals surface area contributed by atoms with Crippen LogP contribution in [0.3, 0.4) is 0 Å². The van der Waals surface area contributed by atoms with E-state index in [0.29, 0.717) is 11.8 Å². The fraction of sp³-hybridized carbons (Fsp3) is 0.750. The Balaban J connectivity index is 2.16. The van der Waals surface area contributed by atoms with E-state index in [1.54, 1.807) is 26.2 Å². The number of carbonyl (C=O) groups is 2. The maximum absolute atomic E-state index is 12.6. The van der Waals surface area contributed by atoms with Crippen molar-refractivity contribution in [1.82, 2.24) is 0 Å². The molecule has 2 rings (SSSR count). The van der Waals surface area contributed by atoms with Crippen LogP contribution < -0.4 is 0 Å². The minimum absolute atomic E-state index is 0.0492. The molecule has 0 amide bonds. The van der Waals surface area contributed by atoms with Crippen molar-refractivity contribution in [3.05, 3.63) is 36.0 Å². The second-order valence-corrected chi connectivity index (χ2v) is 12.2. The zero-order valence-corrected chi connectivity index (χ0v) is 25.6. The Morgan fingerprint density at radius 1 is 1.25 bits per heavy atom.